The summed E-state index contributed by atoms with van der Waals surface area (Å²) in [6, 6.07) is 16.2. The van der Waals surface area contributed by atoms with Crippen molar-refractivity contribution in [2.45, 2.75) is 73.5 Å². The molecule has 1 aliphatic heterocycles. The van der Waals surface area contributed by atoms with Crippen LogP contribution in [0.15, 0.2) is 59.5 Å². The van der Waals surface area contributed by atoms with E-state index in [4.69, 9.17) is 4.74 Å². The summed E-state index contributed by atoms with van der Waals surface area (Å²) in [6.07, 6.45) is 6.53. The van der Waals surface area contributed by atoms with Crippen molar-refractivity contribution in [1.29, 1.82) is 0 Å². The number of hydrogen-bond acceptors (Lipinski definition) is 5. The normalized spacial score (nSPS) is 22.1. The second-order valence-electron chi connectivity index (χ2n) is 9.88. The fourth-order valence-corrected chi connectivity index (χ4v) is 7.01. The van der Waals surface area contributed by atoms with Crippen LogP contribution in [0.5, 0.6) is 0 Å². The van der Waals surface area contributed by atoms with Gasteiger partial charge >= 0.3 is 6.09 Å². The molecular formula is C27H31NO5S. The number of hydrogen-bond donors (Lipinski definition) is 0. The molecule has 7 heteroatoms. The highest BCUT2D eigenvalue weighted by Gasteiger charge is 2.42. The van der Waals surface area contributed by atoms with E-state index in [0.29, 0.717) is 36.5 Å². The van der Waals surface area contributed by atoms with Crippen molar-refractivity contribution in [3.8, 4) is 0 Å². The molecule has 0 bridgehead atoms. The number of cyclic esters (lactones) is 1. The Balaban J connectivity index is 1.41. The topological polar surface area (TPSA) is 80.8 Å². The third-order valence-electron chi connectivity index (χ3n) is 7.43. The van der Waals surface area contributed by atoms with Crippen molar-refractivity contribution < 1.29 is 22.7 Å². The lowest BCUT2D eigenvalue weighted by molar-refractivity contribution is -0.131. The molecule has 1 heterocycles. The molecular weight excluding hydrogens is 450 g/mol. The molecule has 34 heavy (non-hydrogen) atoms. The number of carbonyl (C=O) groups is 2. The van der Waals surface area contributed by atoms with Gasteiger partial charge in [-0.3, -0.25) is 4.79 Å². The predicted molar refractivity (Wildman–Crippen MR) is 128 cm³/mol. The summed E-state index contributed by atoms with van der Waals surface area (Å²) in [5, 5.41) is -0.271. The van der Waals surface area contributed by atoms with Crippen LogP contribution >= 0.6 is 0 Å². The lowest BCUT2D eigenvalue weighted by Gasteiger charge is -2.27. The Morgan fingerprint density at radius 1 is 0.971 bits per heavy atom. The van der Waals surface area contributed by atoms with Gasteiger partial charge in [0.2, 0.25) is 5.91 Å². The minimum Gasteiger partial charge on any atom is -0.447 e. The van der Waals surface area contributed by atoms with Crippen LogP contribution in [0.2, 0.25) is 0 Å². The molecule has 2 amide bonds. The van der Waals surface area contributed by atoms with Gasteiger partial charge in [-0.2, -0.15) is 0 Å². The zero-order valence-electron chi connectivity index (χ0n) is 19.3. The summed E-state index contributed by atoms with van der Waals surface area (Å²) in [5.41, 5.74) is 1.82. The summed E-state index contributed by atoms with van der Waals surface area (Å²) < 4.78 is 30.6. The largest absolute Gasteiger partial charge is 0.447 e. The van der Waals surface area contributed by atoms with E-state index in [0.717, 1.165) is 36.8 Å². The summed E-state index contributed by atoms with van der Waals surface area (Å²) in [4.78, 5) is 28.1. The van der Waals surface area contributed by atoms with Crippen LogP contribution in [0.25, 0.3) is 0 Å². The number of imide groups is 1. The fourth-order valence-electron chi connectivity index (χ4n) is 5.35. The molecule has 0 unspecified atom stereocenters. The zero-order chi connectivity index (χ0) is 23.7. The molecule has 2 aliphatic carbocycles. The predicted octanol–water partition coefficient (Wildman–Crippen LogP) is 4.88. The van der Waals surface area contributed by atoms with Crippen molar-refractivity contribution in [1.82, 2.24) is 4.90 Å². The minimum absolute atomic E-state index is 0.189. The Kier molecular flexibility index (Phi) is 6.47. The standard InChI is InChI=1S/C27H31NO5S/c29-26(28-22(18-33-27(28)30)16-19-6-2-1-3-7-19)25(17-20-8-4-5-9-20)21-10-12-23(13-11-21)34(31,32)24-14-15-24/h1-3,6-7,10-13,20,22,24-25H,4-5,8-9,14-18H2/t22-,25-/m1/s1. The van der Waals surface area contributed by atoms with Gasteiger partial charge in [-0.25, -0.2) is 18.1 Å². The van der Waals surface area contributed by atoms with Gasteiger partial charge in [-0.05, 0) is 54.9 Å². The van der Waals surface area contributed by atoms with Crippen molar-refractivity contribution >= 4 is 21.8 Å². The number of ether oxygens (including phenoxy) is 1. The second-order valence-corrected chi connectivity index (χ2v) is 12.1. The van der Waals surface area contributed by atoms with E-state index in [2.05, 4.69) is 0 Å². The molecule has 3 aliphatic rings. The highest BCUT2D eigenvalue weighted by Crippen LogP contribution is 2.38. The SMILES string of the molecule is O=C1OC[C@@H](Cc2ccccc2)N1C(=O)[C@H](CC1CCCC1)c1ccc(S(=O)(=O)C2CC2)cc1. The van der Waals surface area contributed by atoms with Gasteiger partial charge in [0.15, 0.2) is 9.84 Å². The van der Waals surface area contributed by atoms with Crippen LogP contribution in [-0.4, -0.2) is 43.2 Å². The molecule has 5 rings (SSSR count). The first-order valence-electron chi connectivity index (χ1n) is 12.3. The Hall–Kier alpha value is -2.67. The molecule has 1 saturated heterocycles. The van der Waals surface area contributed by atoms with Gasteiger partial charge in [-0.15, -0.1) is 0 Å². The van der Waals surface area contributed by atoms with Crippen LogP contribution in [0.4, 0.5) is 4.79 Å². The number of rotatable bonds is 8. The third-order valence-corrected chi connectivity index (χ3v) is 9.71. The van der Waals surface area contributed by atoms with Crippen molar-refractivity contribution in [3.63, 3.8) is 0 Å². The van der Waals surface area contributed by atoms with Crippen molar-refractivity contribution in [3.05, 3.63) is 65.7 Å². The molecule has 2 saturated carbocycles. The number of nitrogens with zero attached hydrogens (tertiary/aromatic N) is 1. The number of sulfone groups is 1. The zero-order valence-corrected chi connectivity index (χ0v) is 20.1. The fraction of sp³-hybridized carbons (Fsp3) is 0.481. The third kappa shape index (κ3) is 4.76. The van der Waals surface area contributed by atoms with E-state index >= 15 is 0 Å². The highest BCUT2D eigenvalue weighted by molar-refractivity contribution is 7.92. The molecule has 0 spiro atoms. The van der Waals surface area contributed by atoms with Crippen LogP contribution in [0, 0.1) is 5.92 Å². The maximum atomic E-state index is 13.9. The molecule has 0 aromatic heterocycles. The van der Waals surface area contributed by atoms with Crippen molar-refractivity contribution in [2.75, 3.05) is 6.61 Å². The summed E-state index contributed by atoms with van der Waals surface area (Å²) in [7, 11) is -3.29. The highest BCUT2D eigenvalue weighted by atomic mass is 32.2. The van der Waals surface area contributed by atoms with Crippen LogP contribution in [0.1, 0.15) is 62.0 Å². The van der Waals surface area contributed by atoms with E-state index < -0.39 is 21.8 Å². The van der Waals surface area contributed by atoms with Gasteiger partial charge in [0, 0.05) is 0 Å². The van der Waals surface area contributed by atoms with Gasteiger partial charge < -0.3 is 4.74 Å². The molecule has 180 valence electrons. The Morgan fingerprint density at radius 3 is 2.29 bits per heavy atom. The molecule has 2 aromatic rings. The first-order chi connectivity index (χ1) is 16.4. The van der Waals surface area contributed by atoms with Crippen LogP contribution in [-0.2, 0) is 25.8 Å². The van der Waals surface area contributed by atoms with Gasteiger partial charge in [0.25, 0.3) is 0 Å². The molecule has 6 nitrogen and oxygen atoms in total. The Labute approximate surface area is 201 Å². The Bertz CT molecular complexity index is 1140. The first kappa shape index (κ1) is 23.1. The summed E-state index contributed by atoms with van der Waals surface area (Å²) in [5.74, 6) is -0.312. The van der Waals surface area contributed by atoms with E-state index in [1.165, 1.54) is 4.90 Å². The van der Waals surface area contributed by atoms with Crippen LogP contribution in [0.3, 0.4) is 0 Å². The maximum absolute atomic E-state index is 13.9. The lowest BCUT2D eigenvalue weighted by atomic mass is 9.86. The number of amides is 2. The summed E-state index contributed by atoms with van der Waals surface area (Å²) >= 11 is 0. The summed E-state index contributed by atoms with van der Waals surface area (Å²) in [6.45, 7) is 0.189. The smallest absolute Gasteiger partial charge is 0.417 e. The Morgan fingerprint density at radius 2 is 1.65 bits per heavy atom. The molecule has 3 fully saturated rings. The van der Waals surface area contributed by atoms with E-state index in [1.54, 1.807) is 24.3 Å². The number of carbonyl (C=O) groups excluding carboxylic acids is 2. The van der Waals surface area contributed by atoms with Gasteiger partial charge in [0.05, 0.1) is 22.1 Å². The quantitative estimate of drug-likeness (QED) is 0.537. The minimum atomic E-state index is -3.29. The second kappa shape index (κ2) is 9.53. The average Bonchev–Trinajstić information content (AvgIpc) is 3.48. The van der Waals surface area contributed by atoms with E-state index in [9.17, 15) is 18.0 Å². The lowest BCUT2D eigenvalue weighted by Crippen LogP contribution is -2.43. The van der Waals surface area contributed by atoms with Gasteiger partial charge in [0.1, 0.15) is 6.61 Å². The maximum Gasteiger partial charge on any atom is 0.417 e. The molecule has 2 atom stereocenters. The van der Waals surface area contributed by atoms with Gasteiger partial charge in [-0.1, -0.05) is 68.1 Å². The molecule has 0 N–H and O–H groups in total. The van der Waals surface area contributed by atoms with Crippen LogP contribution < -0.4 is 0 Å². The average molecular weight is 482 g/mol. The monoisotopic (exact) mass is 481 g/mol. The van der Waals surface area contributed by atoms with Crippen molar-refractivity contribution in [2.24, 2.45) is 5.92 Å². The molecule has 0 radical (unpaired) electrons. The van der Waals surface area contributed by atoms with E-state index in [1.807, 2.05) is 30.3 Å². The first-order valence-corrected chi connectivity index (χ1v) is 13.9. The molecule has 2 aromatic carbocycles. The number of benzene rings is 2. The van der Waals surface area contributed by atoms with E-state index in [-0.39, 0.29) is 23.8 Å².